The molecule has 0 atom stereocenters. The van der Waals surface area contributed by atoms with E-state index in [9.17, 15) is 18.0 Å². The van der Waals surface area contributed by atoms with E-state index in [2.05, 4.69) is 9.71 Å². The number of carbonyl (C=O) groups excluding carboxylic acids is 2. The molecule has 31 heavy (non-hydrogen) atoms. The summed E-state index contributed by atoms with van der Waals surface area (Å²) < 4.78 is 33.8. The molecular formula is C22H19N3O5S. The first-order valence-electron chi connectivity index (χ1n) is 9.38. The highest BCUT2D eigenvalue weighted by Gasteiger charge is 2.36. The summed E-state index contributed by atoms with van der Waals surface area (Å²) in [5.41, 5.74) is 2.19. The molecule has 2 heterocycles. The second-order valence-electron chi connectivity index (χ2n) is 7.05. The number of hydrogen-bond acceptors (Lipinski definition) is 6. The van der Waals surface area contributed by atoms with Gasteiger partial charge in [-0.15, -0.1) is 0 Å². The number of nitrogens with one attached hydrogen (secondary N) is 1. The molecule has 3 aromatic rings. The Balaban J connectivity index is 1.64. The zero-order chi connectivity index (χ0) is 22.2. The molecule has 2 amide bonds. The lowest BCUT2D eigenvalue weighted by Gasteiger charge is -2.16. The standard InChI is InChI=1S/C22H19N3O5S/c1-14-5-8-16(9-6-14)24-31(28,29)19-12-15(7-10-18(19)30-2)13-25-21(26)17-4-3-11-23-20(17)22(25)27/h3-12,24H,13H2,1-2H3. The third-order valence-corrected chi connectivity index (χ3v) is 6.30. The van der Waals surface area contributed by atoms with Gasteiger partial charge in [-0.3, -0.25) is 24.2 Å². The van der Waals surface area contributed by atoms with Crippen LogP contribution in [0.3, 0.4) is 0 Å². The number of amides is 2. The van der Waals surface area contributed by atoms with E-state index in [1.165, 1.54) is 31.5 Å². The zero-order valence-electron chi connectivity index (χ0n) is 16.8. The number of carbonyl (C=O) groups is 2. The second kappa shape index (κ2) is 7.84. The molecular weight excluding hydrogens is 418 g/mol. The van der Waals surface area contributed by atoms with Crippen molar-refractivity contribution in [3.05, 3.63) is 83.2 Å². The van der Waals surface area contributed by atoms with Gasteiger partial charge in [-0.05, 0) is 48.9 Å². The van der Waals surface area contributed by atoms with Gasteiger partial charge in [0, 0.05) is 11.9 Å². The maximum atomic E-state index is 13.0. The number of methoxy groups -OCH3 is 1. The predicted molar refractivity (Wildman–Crippen MR) is 113 cm³/mol. The number of nitrogens with zero attached hydrogens (tertiary/aromatic N) is 2. The Morgan fingerprint density at radius 3 is 2.45 bits per heavy atom. The molecule has 0 bridgehead atoms. The lowest BCUT2D eigenvalue weighted by molar-refractivity contribution is 0.0640. The third-order valence-electron chi connectivity index (χ3n) is 4.89. The van der Waals surface area contributed by atoms with Crippen LogP contribution in [0.25, 0.3) is 0 Å². The van der Waals surface area contributed by atoms with Gasteiger partial charge in [-0.1, -0.05) is 23.8 Å². The lowest BCUT2D eigenvalue weighted by Crippen LogP contribution is -2.29. The van der Waals surface area contributed by atoms with Crippen molar-refractivity contribution in [2.45, 2.75) is 18.4 Å². The molecule has 9 heteroatoms. The number of benzene rings is 2. The molecule has 2 aromatic carbocycles. The molecule has 0 radical (unpaired) electrons. The molecule has 0 spiro atoms. The van der Waals surface area contributed by atoms with Crippen molar-refractivity contribution >= 4 is 27.5 Å². The molecule has 4 rings (SSSR count). The highest BCUT2D eigenvalue weighted by molar-refractivity contribution is 7.92. The summed E-state index contributed by atoms with van der Waals surface area (Å²) >= 11 is 0. The van der Waals surface area contributed by atoms with Gasteiger partial charge in [0.05, 0.1) is 19.2 Å². The second-order valence-corrected chi connectivity index (χ2v) is 8.70. The van der Waals surface area contributed by atoms with Crippen molar-refractivity contribution < 1.29 is 22.7 Å². The van der Waals surface area contributed by atoms with Gasteiger partial charge in [-0.2, -0.15) is 0 Å². The number of rotatable bonds is 6. The Labute approximate surface area is 179 Å². The molecule has 0 fully saturated rings. The minimum atomic E-state index is -3.98. The van der Waals surface area contributed by atoms with Gasteiger partial charge in [0.15, 0.2) is 0 Å². The number of pyridine rings is 1. The third kappa shape index (κ3) is 3.87. The summed E-state index contributed by atoms with van der Waals surface area (Å²) in [5, 5.41) is 0. The fourth-order valence-electron chi connectivity index (χ4n) is 3.30. The first kappa shape index (κ1) is 20.5. The van der Waals surface area contributed by atoms with Crippen molar-refractivity contribution in [1.29, 1.82) is 0 Å². The maximum absolute atomic E-state index is 13.0. The molecule has 0 unspecified atom stereocenters. The summed E-state index contributed by atoms with van der Waals surface area (Å²) in [6.07, 6.45) is 1.45. The van der Waals surface area contributed by atoms with Crippen LogP contribution < -0.4 is 9.46 Å². The van der Waals surface area contributed by atoms with Gasteiger partial charge in [0.25, 0.3) is 21.8 Å². The molecule has 0 saturated heterocycles. The van der Waals surface area contributed by atoms with Crippen LogP contribution in [0, 0.1) is 6.92 Å². The molecule has 1 aliphatic heterocycles. The van der Waals surface area contributed by atoms with Crippen molar-refractivity contribution in [3.63, 3.8) is 0 Å². The summed E-state index contributed by atoms with van der Waals surface area (Å²) in [5.74, 6) is -0.836. The number of imide groups is 1. The first-order chi connectivity index (χ1) is 14.8. The average molecular weight is 437 g/mol. The van der Waals surface area contributed by atoms with E-state index in [0.717, 1.165) is 10.5 Å². The van der Waals surface area contributed by atoms with Crippen LogP contribution in [-0.2, 0) is 16.6 Å². The van der Waals surface area contributed by atoms with Gasteiger partial charge >= 0.3 is 0 Å². The molecule has 1 aromatic heterocycles. The summed E-state index contributed by atoms with van der Waals surface area (Å²) in [6, 6.07) is 14.5. The van der Waals surface area contributed by atoms with Crippen LogP contribution in [-0.4, -0.2) is 37.2 Å². The fraction of sp³-hybridized carbons (Fsp3) is 0.136. The van der Waals surface area contributed by atoms with Crippen molar-refractivity contribution in [2.75, 3.05) is 11.8 Å². The van der Waals surface area contributed by atoms with E-state index < -0.39 is 21.8 Å². The molecule has 8 nitrogen and oxygen atoms in total. The van der Waals surface area contributed by atoms with Crippen LogP contribution in [0.2, 0.25) is 0 Å². The number of fused-ring (bicyclic) bond motifs is 1. The molecule has 1 aliphatic rings. The lowest BCUT2D eigenvalue weighted by atomic mass is 10.2. The van der Waals surface area contributed by atoms with E-state index in [-0.39, 0.29) is 28.4 Å². The van der Waals surface area contributed by atoms with E-state index in [0.29, 0.717) is 11.3 Å². The van der Waals surface area contributed by atoms with Crippen LogP contribution in [0.5, 0.6) is 5.75 Å². The Hall–Kier alpha value is -3.72. The number of anilines is 1. The molecule has 0 saturated carbocycles. The largest absolute Gasteiger partial charge is 0.495 e. The van der Waals surface area contributed by atoms with Crippen molar-refractivity contribution in [3.8, 4) is 5.75 Å². The van der Waals surface area contributed by atoms with Crippen LogP contribution >= 0.6 is 0 Å². The number of sulfonamides is 1. The summed E-state index contributed by atoms with van der Waals surface area (Å²) in [6.45, 7) is 1.81. The van der Waals surface area contributed by atoms with Crippen LogP contribution in [0.15, 0.2) is 65.7 Å². The zero-order valence-corrected chi connectivity index (χ0v) is 17.6. The number of ether oxygens (including phenoxy) is 1. The van der Waals surface area contributed by atoms with Crippen LogP contribution in [0.1, 0.15) is 32.0 Å². The highest BCUT2D eigenvalue weighted by atomic mass is 32.2. The Morgan fingerprint density at radius 1 is 1.03 bits per heavy atom. The molecule has 1 N–H and O–H groups in total. The van der Waals surface area contributed by atoms with E-state index in [1.54, 1.807) is 36.4 Å². The summed E-state index contributed by atoms with van der Waals surface area (Å²) in [7, 11) is -2.61. The van der Waals surface area contributed by atoms with E-state index in [1.807, 2.05) is 6.92 Å². The van der Waals surface area contributed by atoms with E-state index >= 15 is 0 Å². The highest BCUT2D eigenvalue weighted by Crippen LogP contribution is 2.29. The maximum Gasteiger partial charge on any atom is 0.280 e. The quantitative estimate of drug-likeness (QED) is 0.595. The topological polar surface area (TPSA) is 106 Å². The number of aromatic nitrogens is 1. The molecule has 0 aliphatic carbocycles. The minimum Gasteiger partial charge on any atom is -0.495 e. The first-order valence-corrected chi connectivity index (χ1v) is 10.9. The number of hydrogen-bond donors (Lipinski definition) is 1. The van der Waals surface area contributed by atoms with E-state index in [4.69, 9.17) is 4.74 Å². The van der Waals surface area contributed by atoms with Gasteiger partial charge in [0.2, 0.25) is 0 Å². The van der Waals surface area contributed by atoms with Gasteiger partial charge < -0.3 is 4.74 Å². The SMILES string of the molecule is COc1ccc(CN2C(=O)c3cccnc3C2=O)cc1S(=O)(=O)Nc1ccc(C)cc1. The molecule has 158 valence electrons. The normalized spacial score (nSPS) is 13.3. The van der Waals surface area contributed by atoms with Crippen molar-refractivity contribution in [2.24, 2.45) is 0 Å². The Morgan fingerprint density at radius 2 is 1.77 bits per heavy atom. The summed E-state index contributed by atoms with van der Waals surface area (Å²) in [4.78, 5) is 30.1. The van der Waals surface area contributed by atoms with Crippen LogP contribution in [0.4, 0.5) is 5.69 Å². The Bertz CT molecular complexity index is 1250. The van der Waals surface area contributed by atoms with Crippen molar-refractivity contribution in [1.82, 2.24) is 9.88 Å². The average Bonchev–Trinajstić information content (AvgIpc) is 3.00. The smallest absolute Gasteiger partial charge is 0.280 e. The fourth-order valence-corrected chi connectivity index (χ4v) is 4.58. The van der Waals surface area contributed by atoms with Gasteiger partial charge in [0.1, 0.15) is 16.3 Å². The minimum absolute atomic E-state index is 0.0922. The predicted octanol–water partition coefficient (Wildman–Crippen LogP) is 3.00. The Kier molecular flexibility index (Phi) is 5.20. The number of aryl methyl sites for hydroxylation is 1. The van der Waals surface area contributed by atoms with Gasteiger partial charge in [-0.25, -0.2) is 8.42 Å². The monoisotopic (exact) mass is 437 g/mol.